The van der Waals surface area contributed by atoms with Gasteiger partial charge in [0.2, 0.25) is 0 Å². The van der Waals surface area contributed by atoms with Crippen LogP contribution in [0.5, 0.6) is 0 Å². The lowest BCUT2D eigenvalue weighted by Gasteiger charge is -2.23. The highest BCUT2D eigenvalue weighted by Crippen LogP contribution is 2.20. The van der Waals surface area contributed by atoms with Gasteiger partial charge in [-0.15, -0.1) is 0 Å². The SMILES string of the molecule is Cc1cc(C)c(C(N)=O)c(NC(CN)C(C)C)n1. The molecule has 0 aromatic carbocycles. The summed E-state index contributed by atoms with van der Waals surface area (Å²) in [7, 11) is 0. The second-order valence-electron chi connectivity index (χ2n) is 4.90. The molecule has 1 unspecified atom stereocenters. The number of amides is 1. The van der Waals surface area contributed by atoms with E-state index in [4.69, 9.17) is 11.5 Å². The number of nitrogens with zero attached hydrogens (tertiary/aromatic N) is 1. The van der Waals surface area contributed by atoms with Crippen LogP contribution in [-0.2, 0) is 0 Å². The zero-order valence-electron chi connectivity index (χ0n) is 11.4. The first-order chi connectivity index (χ1) is 8.36. The van der Waals surface area contributed by atoms with Crippen LogP contribution in [0.4, 0.5) is 5.82 Å². The van der Waals surface area contributed by atoms with Crippen LogP contribution in [-0.4, -0.2) is 23.5 Å². The molecule has 0 saturated heterocycles. The lowest BCUT2D eigenvalue weighted by atomic mass is 10.0. The van der Waals surface area contributed by atoms with Crippen molar-refractivity contribution in [3.05, 3.63) is 22.9 Å². The van der Waals surface area contributed by atoms with Gasteiger partial charge in [-0.2, -0.15) is 0 Å². The molecule has 0 aliphatic carbocycles. The van der Waals surface area contributed by atoms with Crippen LogP contribution in [0, 0.1) is 19.8 Å². The van der Waals surface area contributed by atoms with Crippen LogP contribution in [0.3, 0.4) is 0 Å². The van der Waals surface area contributed by atoms with Crippen LogP contribution < -0.4 is 16.8 Å². The van der Waals surface area contributed by atoms with Gasteiger partial charge in [0.05, 0.1) is 5.56 Å². The molecule has 5 nitrogen and oxygen atoms in total. The first-order valence-electron chi connectivity index (χ1n) is 6.11. The Morgan fingerprint density at radius 1 is 1.44 bits per heavy atom. The van der Waals surface area contributed by atoms with Crippen LogP contribution in [0.25, 0.3) is 0 Å². The third-order valence-corrected chi connectivity index (χ3v) is 2.97. The number of carbonyl (C=O) groups is 1. The summed E-state index contributed by atoms with van der Waals surface area (Å²) in [4.78, 5) is 15.9. The molecule has 0 radical (unpaired) electrons. The summed E-state index contributed by atoms with van der Waals surface area (Å²) >= 11 is 0. The number of anilines is 1. The van der Waals surface area contributed by atoms with Crippen molar-refractivity contribution in [2.24, 2.45) is 17.4 Å². The Kier molecular flexibility index (Phi) is 4.67. The summed E-state index contributed by atoms with van der Waals surface area (Å²) < 4.78 is 0. The smallest absolute Gasteiger partial charge is 0.252 e. The molecule has 1 aromatic heterocycles. The summed E-state index contributed by atoms with van der Waals surface area (Å²) in [6, 6.07) is 1.91. The van der Waals surface area contributed by atoms with E-state index >= 15 is 0 Å². The van der Waals surface area contributed by atoms with E-state index in [1.165, 1.54) is 0 Å². The van der Waals surface area contributed by atoms with Crippen molar-refractivity contribution < 1.29 is 4.79 Å². The number of pyridine rings is 1. The largest absolute Gasteiger partial charge is 0.365 e. The van der Waals surface area contributed by atoms with E-state index in [-0.39, 0.29) is 6.04 Å². The molecule has 0 aliphatic heterocycles. The second-order valence-corrected chi connectivity index (χ2v) is 4.90. The topological polar surface area (TPSA) is 94.0 Å². The normalized spacial score (nSPS) is 12.6. The molecule has 0 saturated carbocycles. The molecule has 0 aliphatic rings. The maximum Gasteiger partial charge on any atom is 0.252 e. The number of hydrogen-bond acceptors (Lipinski definition) is 4. The van der Waals surface area contributed by atoms with Crippen LogP contribution in [0.2, 0.25) is 0 Å². The first kappa shape index (κ1) is 14.4. The number of aromatic nitrogens is 1. The van der Waals surface area contributed by atoms with Gasteiger partial charge in [0, 0.05) is 18.3 Å². The van der Waals surface area contributed by atoms with E-state index in [1.54, 1.807) is 0 Å². The predicted octanol–water partition coefficient (Wildman–Crippen LogP) is 1.19. The molecule has 5 N–H and O–H groups in total. The van der Waals surface area contributed by atoms with E-state index in [1.807, 2.05) is 19.9 Å². The number of carbonyl (C=O) groups excluding carboxylic acids is 1. The minimum atomic E-state index is -0.470. The quantitative estimate of drug-likeness (QED) is 0.731. The minimum Gasteiger partial charge on any atom is -0.365 e. The van der Waals surface area contributed by atoms with Gasteiger partial charge < -0.3 is 16.8 Å². The monoisotopic (exact) mass is 250 g/mol. The Bertz CT molecular complexity index is 443. The standard InChI is InChI=1S/C13H22N4O/c1-7(2)10(6-14)17-13-11(12(15)18)8(3)5-9(4)16-13/h5,7,10H,6,14H2,1-4H3,(H2,15,18)(H,16,17). The third kappa shape index (κ3) is 3.20. The second kappa shape index (κ2) is 5.82. The number of rotatable bonds is 5. The molecule has 0 spiro atoms. The average Bonchev–Trinajstić information content (AvgIpc) is 2.23. The van der Waals surface area contributed by atoms with Crippen molar-refractivity contribution in [1.29, 1.82) is 0 Å². The molecule has 1 amide bonds. The van der Waals surface area contributed by atoms with E-state index in [9.17, 15) is 4.79 Å². The predicted molar refractivity (Wildman–Crippen MR) is 73.5 cm³/mol. The van der Waals surface area contributed by atoms with Crippen molar-refractivity contribution in [3.63, 3.8) is 0 Å². The number of aryl methyl sites for hydroxylation is 2. The highest BCUT2D eigenvalue weighted by molar-refractivity contribution is 5.99. The minimum absolute atomic E-state index is 0.0665. The fourth-order valence-electron chi connectivity index (χ4n) is 1.93. The van der Waals surface area contributed by atoms with Gasteiger partial charge in [-0.3, -0.25) is 4.79 Å². The maximum atomic E-state index is 11.5. The van der Waals surface area contributed by atoms with Gasteiger partial charge in [0.15, 0.2) is 0 Å². The summed E-state index contributed by atoms with van der Waals surface area (Å²) in [6.07, 6.45) is 0. The lowest BCUT2D eigenvalue weighted by molar-refractivity contribution is 0.1000. The third-order valence-electron chi connectivity index (χ3n) is 2.97. The van der Waals surface area contributed by atoms with Crippen molar-refractivity contribution in [2.45, 2.75) is 33.7 Å². The van der Waals surface area contributed by atoms with Crippen molar-refractivity contribution in [3.8, 4) is 0 Å². The number of nitrogens with two attached hydrogens (primary N) is 2. The van der Waals surface area contributed by atoms with Crippen LogP contribution in [0.15, 0.2) is 6.07 Å². The van der Waals surface area contributed by atoms with Gasteiger partial charge in [-0.05, 0) is 31.4 Å². The summed E-state index contributed by atoms with van der Waals surface area (Å²) in [5.41, 5.74) is 13.2. The summed E-state index contributed by atoms with van der Waals surface area (Å²) in [5.74, 6) is 0.407. The molecule has 1 heterocycles. The van der Waals surface area contributed by atoms with Gasteiger partial charge >= 0.3 is 0 Å². The molecule has 1 atom stereocenters. The molecule has 0 bridgehead atoms. The Morgan fingerprint density at radius 3 is 2.50 bits per heavy atom. The van der Waals surface area contributed by atoms with E-state index < -0.39 is 5.91 Å². The van der Waals surface area contributed by atoms with E-state index in [0.29, 0.717) is 23.8 Å². The average molecular weight is 250 g/mol. The summed E-state index contributed by atoms with van der Waals surface area (Å²) in [5, 5.41) is 3.22. The molecule has 18 heavy (non-hydrogen) atoms. The first-order valence-corrected chi connectivity index (χ1v) is 6.11. The Hall–Kier alpha value is -1.62. The zero-order valence-corrected chi connectivity index (χ0v) is 11.4. The van der Waals surface area contributed by atoms with E-state index in [0.717, 1.165) is 11.3 Å². The number of nitrogens with one attached hydrogen (secondary N) is 1. The number of primary amides is 1. The van der Waals surface area contributed by atoms with Crippen molar-refractivity contribution in [1.82, 2.24) is 4.98 Å². The molecular formula is C13H22N4O. The Morgan fingerprint density at radius 2 is 2.06 bits per heavy atom. The van der Waals surface area contributed by atoms with Gasteiger partial charge in [-0.25, -0.2) is 4.98 Å². The van der Waals surface area contributed by atoms with Crippen LogP contribution in [0.1, 0.15) is 35.5 Å². The molecule has 100 valence electrons. The summed E-state index contributed by atoms with van der Waals surface area (Å²) in [6.45, 7) is 8.35. The fraction of sp³-hybridized carbons (Fsp3) is 0.538. The van der Waals surface area contributed by atoms with Crippen molar-refractivity contribution >= 4 is 11.7 Å². The molecule has 5 heteroatoms. The zero-order chi connectivity index (χ0) is 13.9. The maximum absolute atomic E-state index is 11.5. The number of hydrogen-bond donors (Lipinski definition) is 3. The fourth-order valence-corrected chi connectivity index (χ4v) is 1.93. The van der Waals surface area contributed by atoms with Gasteiger partial charge in [-0.1, -0.05) is 13.8 Å². The Balaban J connectivity index is 3.18. The van der Waals surface area contributed by atoms with Crippen molar-refractivity contribution in [2.75, 3.05) is 11.9 Å². The van der Waals surface area contributed by atoms with Gasteiger partial charge in [0.25, 0.3) is 5.91 Å². The highest BCUT2D eigenvalue weighted by atomic mass is 16.1. The molecular weight excluding hydrogens is 228 g/mol. The van der Waals surface area contributed by atoms with Gasteiger partial charge in [0.1, 0.15) is 5.82 Å². The molecule has 0 fully saturated rings. The van der Waals surface area contributed by atoms with E-state index in [2.05, 4.69) is 24.1 Å². The highest BCUT2D eigenvalue weighted by Gasteiger charge is 2.18. The van der Waals surface area contributed by atoms with Crippen LogP contribution >= 0.6 is 0 Å². The lowest BCUT2D eigenvalue weighted by Crippen LogP contribution is -2.35. The Labute approximate surface area is 108 Å². The molecule has 1 rings (SSSR count). The molecule has 1 aromatic rings.